The minimum atomic E-state index is -0.807. The molecule has 0 saturated carbocycles. The van der Waals surface area contributed by atoms with Crippen LogP contribution >= 0.6 is 11.6 Å². The molecule has 0 saturated heterocycles. The lowest BCUT2D eigenvalue weighted by molar-refractivity contribution is 0.0916. The Kier molecular flexibility index (Phi) is 5.61. The fraction of sp³-hybridized carbons (Fsp3) is 0.0870. The van der Waals surface area contributed by atoms with Crippen molar-refractivity contribution in [3.8, 4) is 5.69 Å². The van der Waals surface area contributed by atoms with Gasteiger partial charge in [0.1, 0.15) is 6.33 Å². The number of amides is 1. The second-order valence-corrected chi connectivity index (χ2v) is 7.20. The minimum Gasteiger partial charge on any atom is -0.387 e. The molecular weight excluding hydrogens is 402 g/mol. The van der Waals surface area contributed by atoms with Crippen LogP contribution in [-0.2, 0) is 0 Å². The SMILES string of the molecule is O=C(NCC(O)c1ccccc1)c1ccc2c(=O)n(-c3cccc(Cl)c3)cnc2c1. The lowest BCUT2D eigenvalue weighted by Crippen LogP contribution is -2.28. The minimum absolute atomic E-state index is 0.0741. The van der Waals surface area contributed by atoms with Crippen LogP contribution in [0.25, 0.3) is 16.6 Å². The lowest BCUT2D eigenvalue weighted by atomic mass is 10.1. The monoisotopic (exact) mass is 419 g/mol. The molecule has 7 heteroatoms. The van der Waals surface area contributed by atoms with E-state index in [0.29, 0.717) is 27.2 Å². The van der Waals surface area contributed by atoms with E-state index in [1.54, 1.807) is 54.6 Å². The van der Waals surface area contributed by atoms with Crippen LogP contribution in [0.4, 0.5) is 0 Å². The van der Waals surface area contributed by atoms with Crippen LogP contribution in [0.3, 0.4) is 0 Å². The van der Waals surface area contributed by atoms with Gasteiger partial charge in [0, 0.05) is 17.1 Å². The Labute approximate surface area is 177 Å². The molecule has 1 unspecified atom stereocenters. The van der Waals surface area contributed by atoms with Crippen molar-refractivity contribution in [3.05, 3.63) is 106 Å². The Bertz CT molecular complexity index is 1270. The van der Waals surface area contributed by atoms with Crippen LogP contribution in [0.1, 0.15) is 22.0 Å². The Morgan fingerprint density at radius 1 is 1.07 bits per heavy atom. The summed E-state index contributed by atoms with van der Waals surface area (Å²) in [5, 5.41) is 13.8. The second kappa shape index (κ2) is 8.49. The normalized spacial score (nSPS) is 11.9. The first-order valence-corrected chi connectivity index (χ1v) is 9.69. The summed E-state index contributed by atoms with van der Waals surface area (Å²) in [6, 6.07) is 20.7. The maximum absolute atomic E-state index is 12.8. The first-order chi connectivity index (χ1) is 14.5. The molecule has 1 aromatic heterocycles. The second-order valence-electron chi connectivity index (χ2n) is 6.77. The summed E-state index contributed by atoms with van der Waals surface area (Å²) in [4.78, 5) is 29.7. The van der Waals surface area contributed by atoms with E-state index in [9.17, 15) is 14.7 Å². The maximum atomic E-state index is 12.8. The van der Waals surface area contributed by atoms with Gasteiger partial charge in [0.05, 0.1) is 22.7 Å². The number of nitrogens with one attached hydrogen (secondary N) is 1. The van der Waals surface area contributed by atoms with E-state index in [1.165, 1.54) is 10.9 Å². The highest BCUT2D eigenvalue weighted by Gasteiger charge is 2.13. The average Bonchev–Trinajstić information content (AvgIpc) is 2.77. The molecule has 0 aliphatic heterocycles. The van der Waals surface area contributed by atoms with E-state index in [4.69, 9.17) is 11.6 Å². The molecule has 0 fully saturated rings. The van der Waals surface area contributed by atoms with Gasteiger partial charge in [-0.05, 0) is 42.0 Å². The quantitative estimate of drug-likeness (QED) is 0.518. The summed E-state index contributed by atoms with van der Waals surface area (Å²) in [6.07, 6.45) is 0.607. The Morgan fingerprint density at radius 2 is 1.87 bits per heavy atom. The molecule has 0 spiro atoms. The highest BCUT2D eigenvalue weighted by atomic mass is 35.5. The molecule has 6 nitrogen and oxygen atoms in total. The third-order valence-electron chi connectivity index (χ3n) is 4.75. The van der Waals surface area contributed by atoms with Crippen molar-refractivity contribution < 1.29 is 9.90 Å². The molecular formula is C23H18ClN3O3. The van der Waals surface area contributed by atoms with Crippen LogP contribution < -0.4 is 10.9 Å². The van der Waals surface area contributed by atoms with Gasteiger partial charge in [-0.3, -0.25) is 14.2 Å². The standard InChI is InChI=1S/C23H18ClN3O3/c24-17-7-4-8-18(12-17)27-14-26-20-11-16(9-10-19(20)23(27)30)22(29)25-13-21(28)15-5-2-1-3-6-15/h1-12,14,21,28H,13H2,(H,25,29). The van der Waals surface area contributed by atoms with E-state index in [1.807, 2.05) is 18.2 Å². The molecule has 1 amide bonds. The molecule has 150 valence electrons. The highest BCUT2D eigenvalue weighted by molar-refractivity contribution is 6.30. The van der Waals surface area contributed by atoms with E-state index in [-0.39, 0.29) is 18.0 Å². The van der Waals surface area contributed by atoms with Gasteiger partial charge in [0.15, 0.2) is 0 Å². The number of benzene rings is 3. The summed E-state index contributed by atoms with van der Waals surface area (Å²) in [5.41, 5.74) is 1.84. The van der Waals surface area contributed by atoms with Crippen LogP contribution in [0.5, 0.6) is 0 Å². The van der Waals surface area contributed by atoms with E-state index >= 15 is 0 Å². The van der Waals surface area contributed by atoms with Gasteiger partial charge < -0.3 is 10.4 Å². The summed E-state index contributed by atoms with van der Waals surface area (Å²) in [5.74, 6) is -0.354. The zero-order valence-electron chi connectivity index (χ0n) is 15.8. The van der Waals surface area contributed by atoms with Gasteiger partial charge >= 0.3 is 0 Å². The molecule has 4 aromatic rings. The number of hydrogen-bond donors (Lipinski definition) is 2. The highest BCUT2D eigenvalue weighted by Crippen LogP contribution is 2.16. The number of rotatable bonds is 5. The third kappa shape index (κ3) is 4.10. The average molecular weight is 420 g/mol. The zero-order chi connectivity index (χ0) is 21.1. The number of nitrogens with zero attached hydrogens (tertiary/aromatic N) is 2. The van der Waals surface area contributed by atoms with Gasteiger partial charge in [-0.2, -0.15) is 0 Å². The third-order valence-corrected chi connectivity index (χ3v) is 4.98. The molecule has 0 bridgehead atoms. The number of aromatic nitrogens is 2. The van der Waals surface area contributed by atoms with Gasteiger partial charge in [-0.15, -0.1) is 0 Å². The van der Waals surface area contributed by atoms with E-state index < -0.39 is 6.10 Å². The van der Waals surface area contributed by atoms with Gasteiger partial charge in [-0.1, -0.05) is 48.0 Å². The smallest absolute Gasteiger partial charge is 0.265 e. The number of halogens is 1. The predicted octanol–water partition coefficient (Wildman–Crippen LogP) is 3.50. The van der Waals surface area contributed by atoms with Crippen LogP contribution in [0.2, 0.25) is 5.02 Å². The van der Waals surface area contributed by atoms with Crippen LogP contribution in [0.15, 0.2) is 83.9 Å². The molecule has 4 rings (SSSR count). The number of carbonyl (C=O) groups excluding carboxylic acids is 1. The molecule has 0 radical (unpaired) electrons. The molecule has 3 aromatic carbocycles. The Morgan fingerprint density at radius 3 is 2.63 bits per heavy atom. The number of aliphatic hydroxyl groups is 1. The van der Waals surface area contributed by atoms with Gasteiger partial charge in [0.25, 0.3) is 11.5 Å². The van der Waals surface area contributed by atoms with Crippen molar-refractivity contribution in [2.45, 2.75) is 6.10 Å². The number of aliphatic hydroxyl groups excluding tert-OH is 1. The number of hydrogen-bond acceptors (Lipinski definition) is 4. The topological polar surface area (TPSA) is 84.2 Å². The van der Waals surface area contributed by atoms with Gasteiger partial charge in [0.2, 0.25) is 0 Å². The van der Waals surface area contributed by atoms with Crippen molar-refractivity contribution in [3.63, 3.8) is 0 Å². The molecule has 30 heavy (non-hydrogen) atoms. The largest absolute Gasteiger partial charge is 0.387 e. The fourth-order valence-electron chi connectivity index (χ4n) is 3.16. The summed E-state index contributed by atoms with van der Waals surface area (Å²) in [7, 11) is 0. The molecule has 2 N–H and O–H groups in total. The van der Waals surface area contributed by atoms with Crippen LogP contribution in [-0.4, -0.2) is 27.1 Å². The van der Waals surface area contributed by atoms with Crippen molar-refractivity contribution in [1.82, 2.24) is 14.9 Å². The molecule has 0 aliphatic carbocycles. The van der Waals surface area contributed by atoms with Crippen LogP contribution in [0, 0.1) is 0 Å². The molecule has 0 aliphatic rings. The molecule has 1 heterocycles. The van der Waals surface area contributed by atoms with Crippen molar-refractivity contribution in [2.75, 3.05) is 6.54 Å². The summed E-state index contributed by atoms with van der Waals surface area (Å²) in [6.45, 7) is 0.0741. The van der Waals surface area contributed by atoms with Gasteiger partial charge in [-0.25, -0.2) is 4.98 Å². The van der Waals surface area contributed by atoms with E-state index in [0.717, 1.165) is 5.56 Å². The maximum Gasteiger partial charge on any atom is 0.265 e. The Hall–Kier alpha value is -3.48. The first kappa shape index (κ1) is 19.8. The zero-order valence-corrected chi connectivity index (χ0v) is 16.6. The summed E-state index contributed by atoms with van der Waals surface area (Å²) < 4.78 is 1.41. The lowest BCUT2D eigenvalue weighted by Gasteiger charge is -2.12. The van der Waals surface area contributed by atoms with Crippen molar-refractivity contribution >= 4 is 28.4 Å². The number of carbonyl (C=O) groups is 1. The van der Waals surface area contributed by atoms with E-state index in [2.05, 4.69) is 10.3 Å². The molecule has 1 atom stereocenters. The Balaban J connectivity index is 1.55. The predicted molar refractivity (Wildman–Crippen MR) is 116 cm³/mol. The van der Waals surface area contributed by atoms with Crippen molar-refractivity contribution in [1.29, 1.82) is 0 Å². The number of fused-ring (bicyclic) bond motifs is 1. The first-order valence-electron chi connectivity index (χ1n) is 9.31. The summed E-state index contributed by atoms with van der Waals surface area (Å²) >= 11 is 6.01. The fourth-order valence-corrected chi connectivity index (χ4v) is 3.34. The van der Waals surface area contributed by atoms with Crippen molar-refractivity contribution in [2.24, 2.45) is 0 Å².